The van der Waals surface area contributed by atoms with Crippen LogP contribution in [0.2, 0.25) is 5.02 Å². The maximum absolute atomic E-state index is 11.6. The number of rotatable bonds is 15. The van der Waals surface area contributed by atoms with Crippen molar-refractivity contribution in [2.75, 3.05) is 47.1 Å². The van der Waals surface area contributed by atoms with Crippen molar-refractivity contribution in [2.45, 2.75) is 50.5 Å². The number of benzene rings is 3. The molecular formula is C34H41ClN2O8. The third-order valence-electron chi connectivity index (χ3n) is 8.59. The lowest BCUT2D eigenvalue weighted by Crippen LogP contribution is -2.52. The van der Waals surface area contributed by atoms with Gasteiger partial charge in [-0.1, -0.05) is 41.9 Å². The van der Waals surface area contributed by atoms with Crippen LogP contribution in [0, 0.1) is 0 Å². The summed E-state index contributed by atoms with van der Waals surface area (Å²) < 4.78 is 23.8. The van der Waals surface area contributed by atoms with Gasteiger partial charge in [-0.2, -0.15) is 0 Å². The Morgan fingerprint density at radius 2 is 1.76 bits per heavy atom. The number of hydrogen-bond donors (Lipinski definition) is 4. The molecule has 2 aliphatic rings. The van der Waals surface area contributed by atoms with Crippen molar-refractivity contribution in [3.8, 4) is 34.1 Å². The number of aliphatic carboxylic acids is 1. The van der Waals surface area contributed by atoms with E-state index in [1.54, 1.807) is 12.1 Å². The van der Waals surface area contributed by atoms with E-state index in [0.29, 0.717) is 40.2 Å². The predicted octanol–water partition coefficient (Wildman–Crippen LogP) is 4.46. The molecule has 5 rings (SSSR count). The minimum atomic E-state index is -1.52. The summed E-state index contributed by atoms with van der Waals surface area (Å²) in [4.78, 5) is 13.8. The van der Waals surface area contributed by atoms with E-state index < -0.39 is 18.1 Å². The van der Waals surface area contributed by atoms with Crippen molar-refractivity contribution >= 4 is 17.6 Å². The van der Waals surface area contributed by atoms with Crippen molar-refractivity contribution in [2.24, 2.45) is 0 Å². The largest absolute Gasteiger partial charge is 0.496 e. The van der Waals surface area contributed by atoms with Crippen LogP contribution in [-0.4, -0.2) is 84.9 Å². The molecule has 0 amide bonds. The molecule has 1 saturated heterocycles. The number of methoxy groups -OCH3 is 2. The first-order chi connectivity index (χ1) is 21.7. The number of halogens is 1. The molecule has 0 bridgehead atoms. The molecule has 1 aliphatic heterocycles. The van der Waals surface area contributed by atoms with Gasteiger partial charge >= 0.3 is 5.97 Å². The third kappa shape index (κ3) is 7.15. The van der Waals surface area contributed by atoms with E-state index in [1.165, 1.54) is 26.7 Å². The highest BCUT2D eigenvalue weighted by Gasteiger charge is 2.33. The highest BCUT2D eigenvalue weighted by Crippen LogP contribution is 2.45. The zero-order valence-electron chi connectivity index (χ0n) is 25.8. The average molecular weight is 641 g/mol. The van der Waals surface area contributed by atoms with E-state index in [0.717, 1.165) is 55.6 Å². The summed E-state index contributed by atoms with van der Waals surface area (Å²) in [5.74, 6) is 0.987. The van der Waals surface area contributed by atoms with E-state index in [9.17, 15) is 20.1 Å². The Labute approximate surface area is 268 Å². The fraction of sp³-hybridized carbons (Fsp3) is 0.441. The van der Waals surface area contributed by atoms with Crippen LogP contribution >= 0.6 is 11.6 Å². The molecule has 1 fully saturated rings. The average Bonchev–Trinajstić information content (AvgIpc) is 3.44. The Kier molecular flexibility index (Phi) is 10.4. The quantitative estimate of drug-likeness (QED) is 0.177. The molecule has 0 spiro atoms. The number of fused-ring (bicyclic) bond motifs is 1. The highest BCUT2D eigenvalue weighted by molar-refractivity contribution is 6.34. The lowest BCUT2D eigenvalue weighted by molar-refractivity contribution is -0.145. The van der Waals surface area contributed by atoms with Crippen LogP contribution < -0.4 is 24.3 Å². The number of β-amino-alcohol motifs (C(OH)–C–C–N with tert-alkyl or cyclic N) is 1. The summed E-state index contributed by atoms with van der Waals surface area (Å²) in [7, 11) is 3.06. The number of nitrogens with one attached hydrogen (secondary N) is 1. The van der Waals surface area contributed by atoms with Gasteiger partial charge < -0.3 is 34.3 Å². The minimum Gasteiger partial charge on any atom is -0.496 e. The number of carboxylic acid groups (broad SMARTS) is 1. The van der Waals surface area contributed by atoms with Gasteiger partial charge in [-0.05, 0) is 48.9 Å². The summed E-state index contributed by atoms with van der Waals surface area (Å²) in [6.07, 6.45) is 2.02. The van der Waals surface area contributed by atoms with Gasteiger partial charge in [0.05, 0.1) is 44.1 Å². The van der Waals surface area contributed by atoms with Crippen LogP contribution in [0.1, 0.15) is 42.6 Å². The first-order valence-corrected chi connectivity index (χ1v) is 15.5. The summed E-state index contributed by atoms with van der Waals surface area (Å²) in [5, 5.41) is 32.1. The van der Waals surface area contributed by atoms with Crippen molar-refractivity contribution in [3.05, 3.63) is 70.2 Å². The van der Waals surface area contributed by atoms with E-state index in [-0.39, 0.29) is 18.8 Å². The molecule has 3 aromatic carbocycles. The smallest absolute Gasteiger partial charge is 0.326 e. The molecule has 242 valence electrons. The second-order valence-corrected chi connectivity index (χ2v) is 12.1. The molecule has 45 heavy (non-hydrogen) atoms. The molecule has 1 aliphatic carbocycles. The SMILES string of the molecule is COc1cc(OC2CCc3c(-c4cccc(OCCCN5CC(O)C5)c4Cl)cccc32)cc(OC)c1CNC(C)(CO)C(=O)O. The van der Waals surface area contributed by atoms with Gasteiger partial charge in [0.15, 0.2) is 0 Å². The normalized spacial score (nSPS) is 17.7. The number of hydrogen-bond acceptors (Lipinski definition) is 9. The van der Waals surface area contributed by atoms with Crippen molar-refractivity contribution in [1.29, 1.82) is 0 Å². The van der Waals surface area contributed by atoms with Gasteiger partial charge in [-0.25, -0.2) is 0 Å². The number of likely N-dealkylation sites (tertiary alicyclic amines) is 1. The number of carbonyl (C=O) groups is 1. The summed E-state index contributed by atoms with van der Waals surface area (Å²) in [6.45, 7) is 3.81. The van der Waals surface area contributed by atoms with Crippen LogP contribution in [0.25, 0.3) is 11.1 Å². The fourth-order valence-corrected chi connectivity index (χ4v) is 6.15. The second kappa shape index (κ2) is 14.3. The molecule has 2 atom stereocenters. The molecule has 11 heteroatoms. The Morgan fingerprint density at radius 3 is 2.40 bits per heavy atom. The maximum atomic E-state index is 11.6. The molecule has 1 heterocycles. The Hall–Kier alpha value is -3.54. The number of nitrogens with zero attached hydrogens (tertiary/aromatic N) is 1. The molecule has 10 nitrogen and oxygen atoms in total. The second-order valence-electron chi connectivity index (χ2n) is 11.7. The van der Waals surface area contributed by atoms with Gasteiger partial charge in [0.2, 0.25) is 0 Å². The first kappa shape index (κ1) is 32.8. The standard InChI is InChI=1S/C34H41ClN2O8/c1-34(20-38,33(40)41)36-17-27-30(42-2)15-22(16-31(27)43-3)45-28-12-11-24-23(7-4-8-25(24)28)26-9-5-10-29(32(26)35)44-14-6-13-37-18-21(39)19-37/h4-5,7-10,15-16,21,28,36,38-39H,6,11-14,17-20H2,1-3H3,(H,40,41). The molecule has 0 saturated carbocycles. The lowest BCUT2D eigenvalue weighted by Gasteiger charge is -2.35. The summed E-state index contributed by atoms with van der Waals surface area (Å²) in [5.41, 5.74) is 3.30. The molecule has 0 radical (unpaired) electrons. The van der Waals surface area contributed by atoms with E-state index in [1.807, 2.05) is 24.3 Å². The summed E-state index contributed by atoms with van der Waals surface area (Å²) >= 11 is 6.89. The molecular weight excluding hydrogens is 600 g/mol. The first-order valence-electron chi connectivity index (χ1n) is 15.1. The van der Waals surface area contributed by atoms with Gasteiger partial charge in [0.1, 0.15) is 34.6 Å². The van der Waals surface area contributed by atoms with Gasteiger partial charge in [-0.3, -0.25) is 15.0 Å². The predicted molar refractivity (Wildman–Crippen MR) is 171 cm³/mol. The van der Waals surface area contributed by atoms with Crippen molar-refractivity contribution < 1.29 is 39.1 Å². The van der Waals surface area contributed by atoms with Gasteiger partial charge in [-0.15, -0.1) is 0 Å². The van der Waals surface area contributed by atoms with Crippen LogP contribution in [0.3, 0.4) is 0 Å². The lowest BCUT2D eigenvalue weighted by atomic mass is 9.96. The Morgan fingerprint density at radius 1 is 1.07 bits per heavy atom. The van der Waals surface area contributed by atoms with Gasteiger partial charge in [0.25, 0.3) is 0 Å². The number of carboxylic acids is 1. The van der Waals surface area contributed by atoms with Gasteiger partial charge in [0, 0.05) is 43.9 Å². The Bertz CT molecular complexity index is 1490. The Balaban J connectivity index is 1.32. The van der Waals surface area contributed by atoms with E-state index in [2.05, 4.69) is 22.3 Å². The summed E-state index contributed by atoms with van der Waals surface area (Å²) in [6, 6.07) is 15.5. The topological polar surface area (TPSA) is 130 Å². The van der Waals surface area contributed by atoms with Crippen LogP contribution in [0.15, 0.2) is 48.5 Å². The van der Waals surface area contributed by atoms with Crippen LogP contribution in [0.4, 0.5) is 0 Å². The maximum Gasteiger partial charge on any atom is 0.326 e. The minimum absolute atomic E-state index is 0.0950. The van der Waals surface area contributed by atoms with E-state index in [4.69, 9.17) is 30.5 Å². The van der Waals surface area contributed by atoms with Crippen LogP contribution in [0.5, 0.6) is 23.0 Å². The zero-order chi connectivity index (χ0) is 32.1. The number of aliphatic hydroxyl groups excluding tert-OH is 2. The monoisotopic (exact) mass is 640 g/mol. The molecule has 4 N–H and O–H groups in total. The van der Waals surface area contributed by atoms with Crippen molar-refractivity contribution in [3.63, 3.8) is 0 Å². The van der Waals surface area contributed by atoms with Crippen LogP contribution in [-0.2, 0) is 17.8 Å². The highest BCUT2D eigenvalue weighted by atomic mass is 35.5. The molecule has 3 aromatic rings. The number of aliphatic hydroxyl groups is 2. The fourth-order valence-electron chi connectivity index (χ4n) is 5.87. The third-order valence-corrected chi connectivity index (χ3v) is 8.98. The molecule has 2 unspecified atom stereocenters. The number of ether oxygens (including phenoxy) is 4. The molecule has 0 aromatic heterocycles. The van der Waals surface area contributed by atoms with Crippen molar-refractivity contribution in [1.82, 2.24) is 10.2 Å². The zero-order valence-corrected chi connectivity index (χ0v) is 26.6. The van der Waals surface area contributed by atoms with E-state index >= 15 is 0 Å².